The molecule has 5 aromatic rings. The van der Waals surface area contributed by atoms with Crippen molar-refractivity contribution in [1.29, 1.82) is 0 Å². The summed E-state index contributed by atoms with van der Waals surface area (Å²) >= 11 is 0. The molecule has 5 aliphatic heterocycles. The first-order chi connectivity index (χ1) is 38.4. The second-order valence-corrected chi connectivity index (χ2v) is 20.2. The Balaban J connectivity index is 0.996. The number of rotatable bonds is 24. The molecule has 5 fully saturated rings. The first-order valence-electron chi connectivity index (χ1n) is 27.3. The number of aliphatic hydroxyl groups excluding tert-OH is 1. The number of azide groups is 1. The quantitative estimate of drug-likeness (QED) is 0.0202. The van der Waals surface area contributed by atoms with Crippen molar-refractivity contribution in [3.05, 3.63) is 203 Å². The van der Waals surface area contributed by atoms with Crippen LogP contribution in [0.25, 0.3) is 10.4 Å². The molecule has 5 heterocycles. The molecular formula is C61H71N3O14. The second-order valence-electron chi connectivity index (χ2n) is 20.2. The fourth-order valence-electron chi connectivity index (χ4n) is 10.6. The van der Waals surface area contributed by atoms with Gasteiger partial charge < -0.3 is 66.7 Å². The third kappa shape index (κ3) is 14.1. The summed E-state index contributed by atoms with van der Waals surface area (Å²) in [6, 6.07) is 47.5. The lowest BCUT2D eigenvalue weighted by atomic mass is 9.94. The molecule has 0 aliphatic carbocycles. The van der Waals surface area contributed by atoms with Crippen molar-refractivity contribution in [3.63, 3.8) is 0 Å². The van der Waals surface area contributed by atoms with Crippen LogP contribution in [0.4, 0.5) is 0 Å². The maximum absolute atomic E-state index is 13.0. The predicted octanol–water partition coefficient (Wildman–Crippen LogP) is 10.1. The number of ether oxygens (including phenoxy) is 13. The Morgan fingerprint density at radius 3 is 1.58 bits per heavy atom. The minimum absolute atomic E-state index is 0.0298. The number of aliphatic hydroxyl groups is 1. The van der Waals surface area contributed by atoms with Gasteiger partial charge in [0.2, 0.25) is 0 Å². The molecule has 5 saturated heterocycles. The van der Waals surface area contributed by atoms with Crippen molar-refractivity contribution in [3.8, 4) is 0 Å². The lowest BCUT2D eigenvalue weighted by molar-refractivity contribution is -0.414. The fraction of sp³-hybridized carbons (Fsp3) is 0.475. The van der Waals surface area contributed by atoms with Gasteiger partial charge in [-0.05, 0) is 48.4 Å². The summed E-state index contributed by atoms with van der Waals surface area (Å²) in [6.07, 6.45) is -9.19. The van der Waals surface area contributed by atoms with E-state index in [4.69, 9.17) is 61.6 Å². The summed E-state index contributed by atoms with van der Waals surface area (Å²) in [5, 5.41) is 17.3. The van der Waals surface area contributed by atoms with Crippen molar-refractivity contribution >= 4 is 0 Å². The molecule has 17 atom stereocenters. The highest BCUT2D eigenvalue weighted by atomic mass is 16.8. The van der Waals surface area contributed by atoms with Gasteiger partial charge in [-0.25, -0.2) is 0 Å². The summed E-state index contributed by atoms with van der Waals surface area (Å²) in [5.41, 5.74) is 14.6. The van der Waals surface area contributed by atoms with Crippen LogP contribution in [0, 0.1) is 0 Å². The third-order valence-electron chi connectivity index (χ3n) is 14.7. The number of hydrogen-bond donors (Lipinski definition) is 1. The number of nitrogens with zero attached hydrogens (tertiary/aromatic N) is 3. The molecule has 0 radical (unpaired) electrons. The molecule has 1 N–H and O–H groups in total. The Kier molecular flexibility index (Phi) is 20.2. The standard InChI is InChI=1S/C61H71N3O14/c1-3-4-5-6-7-23-34-66-59-48(63-64-62)53(52-47(73-59)39-71-58(76-52)45-32-21-12-22-33-45)77-60-54(49(65)51-46(74-60)38-70-57(75-51)44-30-19-11-20-31-44)78-61-56(69-37-43-28-17-10-18-29-43)55(68-36-42-26-15-9-16-27-42)50(40(2)72-61)67-35-41-24-13-8-14-25-41/h3,8-22,24-33,40,46-61,65H,1,4-7,23,34-39H2,2H3/t40-,46+,47+,48+,49-,50+,51-,52-,53+,54+,55+,56-,57?,58?,59+,60-,61-/m0/s1. The largest absolute Gasteiger partial charge is 0.387 e. The van der Waals surface area contributed by atoms with Gasteiger partial charge >= 0.3 is 0 Å². The average molecular weight is 1070 g/mol. The van der Waals surface area contributed by atoms with Gasteiger partial charge in [-0.3, -0.25) is 0 Å². The van der Waals surface area contributed by atoms with Crippen LogP contribution in [0.2, 0.25) is 0 Å². The van der Waals surface area contributed by atoms with E-state index in [0.29, 0.717) is 6.61 Å². The van der Waals surface area contributed by atoms with E-state index in [1.54, 1.807) is 0 Å². The number of fused-ring (bicyclic) bond motifs is 2. The van der Waals surface area contributed by atoms with Crippen LogP contribution in [-0.2, 0) is 81.4 Å². The van der Waals surface area contributed by atoms with Gasteiger partial charge in [0.15, 0.2) is 31.5 Å². The second kappa shape index (κ2) is 28.1. The predicted molar refractivity (Wildman–Crippen MR) is 285 cm³/mol. The van der Waals surface area contributed by atoms with Crippen LogP contribution in [-0.4, -0.2) is 117 Å². The van der Waals surface area contributed by atoms with Crippen molar-refractivity contribution in [2.24, 2.45) is 5.11 Å². The van der Waals surface area contributed by atoms with Gasteiger partial charge in [0.05, 0.1) is 39.1 Å². The Bertz CT molecular complexity index is 2610. The smallest absolute Gasteiger partial charge is 0.187 e. The van der Waals surface area contributed by atoms with Gasteiger partial charge in [-0.2, -0.15) is 0 Å². The molecule has 5 aliphatic rings. The monoisotopic (exact) mass is 1070 g/mol. The highest BCUT2D eigenvalue weighted by Crippen LogP contribution is 2.42. The van der Waals surface area contributed by atoms with Gasteiger partial charge in [0.1, 0.15) is 67.1 Å². The van der Waals surface area contributed by atoms with Crippen LogP contribution in [0.5, 0.6) is 0 Å². The lowest BCUT2D eigenvalue weighted by Gasteiger charge is -2.53. The number of benzene rings is 5. The Labute approximate surface area is 456 Å². The Morgan fingerprint density at radius 2 is 1.01 bits per heavy atom. The molecule has 17 heteroatoms. The molecule has 2 unspecified atom stereocenters. The van der Waals surface area contributed by atoms with Crippen LogP contribution in [0.15, 0.2) is 169 Å². The molecule has 0 amide bonds. The summed E-state index contributed by atoms with van der Waals surface area (Å²) < 4.78 is 87.7. The van der Waals surface area contributed by atoms with Gasteiger partial charge in [0.25, 0.3) is 0 Å². The normalized spacial score (nSPS) is 32.7. The fourth-order valence-corrected chi connectivity index (χ4v) is 10.6. The van der Waals surface area contributed by atoms with E-state index in [9.17, 15) is 10.6 Å². The summed E-state index contributed by atoms with van der Waals surface area (Å²) in [7, 11) is 0. The molecule has 414 valence electrons. The zero-order valence-corrected chi connectivity index (χ0v) is 43.9. The van der Waals surface area contributed by atoms with E-state index >= 15 is 0 Å². The molecule has 0 saturated carbocycles. The number of unbranched alkanes of at least 4 members (excludes halogenated alkanes) is 4. The van der Waals surface area contributed by atoms with E-state index in [1.165, 1.54) is 0 Å². The lowest BCUT2D eigenvalue weighted by Crippen LogP contribution is -2.68. The van der Waals surface area contributed by atoms with Crippen molar-refractivity contribution in [1.82, 2.24) is 0 Å². The van der Waals surface area contributed by atoms with E-state index in [1.807, 2.05) is 165 Å². The molecular weight excluding hydrogens is 999 g/mol. The van der Waals surface area contributed by atoms with E-state index in [2.05, 4.69) is 16.6 Å². The van der Waals surface area contributed by atoms with Crippen LogP contribution < -0.4 is 0 Å². The zero-order chi connectivity index (χ0) is 53.5. The minimum Gasteiger partial charge on any atom is -0.387 e. The van der Waals surface area contributed by atoms with Crippen LogP contribution in [0.3, 0.4) is 0 Å². The number of hydrogen-bond acceptors (Lipinski definition) is 15. The van der Waals surface area contributed by atoms with E-state index in [-0.39, 0.29) is 33.0 Å². The highest BCUT2D eigenvalue weighted by Gasteiger charge is 2.58. The zero-order valence-electron chi connectivity index (χ0n) is 43.9. The molecule has 78 heavy (non-hydrogen) atoms. The van der Waals surface area contributed by atoms with Crippen LogP contribution in [0.1, 0.15) is 79.4 Å². The first-order valence-corrected chi connectivity index (χ1v) is 27.3. The molecule has 17 nitrogen and oxygen atoms in total. The van der Waals surface area contributed by atoms with Gasteiger partial charge in [-0.1, -0.05) is 176 Å². The summed E-state index contributed by atoms with van der Waals surface area (Å²) in [5.74, 6) is 0. The van der Waals surface area contributed by atoms with Crippen molar-refractivity contribution in [2.75, 3.05) is 19.8 Å². The van der Waals surface area contributed by atoms with Crippen LogP contribution >= 0.6 is 0 Å². The Hall–Kier alpha value is -5.41. The average Bonchev–Trinajstić information content (AvgIpc) is 3.63. The maximum atomic E-state index is 13.0. The van der Waals surface area contributed by atoms with Crippen molar-refractivity contribution < 1.29 is 66.7 Å². The SMILES string of the molecule is C=CCCCCCCO[C@@H]1O[C@@H]2COC(c3ccccc3)O[C@@H]2[C@H](O[C@@H]2O[C@@H]3COC(c4ccccc4)O[C@@H]3[C@H](O)[C@H]2O[C@@H]2O[C@@H](C)[C@@H](OCc3ccccc3)[C@@H](OCc3ccccc3)[C@@H]2OCc2ccccc2)[C@H]1N=[N+]=[N-]. The van der Waals surface area contributed by atoms with E-state index in [0.717, 1.165) is 59.9 Å². The summed E-state index contributed by atoms with van der Waals surface area (Å²) in [4.78, 5) is 3.29. The van der Waals surface area contributed by atoms with Gasteiger partial charge in [-0.15, -0.1) is 6.58 Å². The van der Waals surface area contributed by atoms with Crippen molar-refractivity contribution in [2.45, 2.75) is 163 Å². The first kappa shape index (κ1) is 55.9. The maximum Gasteiger partial charge on any atom is 0.187 e. The van der Waals surface area contributed by atoms with Gasteiger partial charge in [0, 0.05) is 22.6 Å². The Morgan fingerprint density at radius 1 is 0.538 bits per heavy atom. The highest BCUT2D eigenvalue weighted by molar-refractivity contribution is 5.19. The molecule has 5 aromatic carbocycles. The molecule has 0 bridgehead atoms. The summed E-state index contributed by atoms with van der Waals surface area (Å²) in [6.45, 7) is 6.85. The number of allylic oxidation sites excluding steroid dienone is 1. The molecule has 0 spiro atoms. The minimum atomic E-state index is -1.43. The third-order valence-corrected chi connectivity index (χ3v) is 14.7. The molecule has 10 rings (SSSR count). The topological polar surface area (TPSA) is 189 Å². The molecule has 0 aromatic heterocycles. The van der Waals surface area contributed by atoms with E-state index < -0.39 is 105 Å².